The minimum atomic E-state index is -4.65. The number of nitro groups is 1. The Morgan fingerprint density at radius 1 is 0.970 bits per heavy atom. The number of sulfonamides is 1. The van der Waals surface area contributed by atoms with E-state index >= 15 is 4.39 Å². The number of nitrogens with zero attached hydrogens (tertiary/aromatic N) is 6. The first-order chi connectivity index (χ1) is 31.6. The Hall–Kier alpha value is -5.65. The van der Waals surface area contributed by atoms with Crippen molar-refractivity contribution in [2.75, 3.05) is 49.5 Å². The third-order valence-corrected chi connectivity index (χ3v) is 16.0. The molecule has 5 aromatic rings. The number of carbonyl (C=O) groups excluding carboxylic acids is 1. The van der Waals surface area contributed by atoms with Crippen molar-refractivity contribution in [1.29, 1.82) is 0 Å². The molecule has 350 valence electrons. The number of fused-ring (bicyclic) bond motifs is 1. The van der Waals surface area contributed by atoms with Crippen LogP contribution in [0.4, 0.5) is 21.6 Å². The van der Waals surface area contributed by atoms with Crippen molar-refractivity contribution in [3.05, 3.63) is 106 Å². The zero-order valence-corrected chi connectivity index (χ0v) is 38.9. The highest BCUT2D eigenvalue weighted by atomic mass is 32.2. The Balaban J connectivity index is 0.893. The summed E-state index contributed by atoms with van der Waals surface area (Å²) in [4.78, 5) is 44.2. The summed E-state index contributed by atoms with van der Waals surface area (Å²) < 4.78 is 51.6. The topological polar surface area (TPSA) is 179 Å². The van der Waals surface area contributed by atoms with Gasteiger partial charge in [-0.25, -0.2) is 27.5 Å². The highest BCUT2D eigenvalue weighted by molar-refractivity contribution is 7.90. The predicted octanol–water partition coefficient (Wildman–Crippen LogP) is 9.11. The van der Waals surface area contributed by atoms with Crippen LogP contribution in [-0.2, 0) is 10.0 Å². The van der Waals surface area contributed by atoms with E-state index in [2.05, 4.69) is 91.7 Å². The van der Waals surface area contributed by atoms with Crippen LogP contribution in [0.1, 0.15) is 113 Å². The van der Waals surface area contributed by atoms with Crippen LogP contribution in [0.2, 0.25) is 0 Å². The molecule has 3 aromatic heterocycles. The molecule has 1 saturated carbocycles. The minimum absolute atomic E-state index is 0.0266. The van der Waals surface area contributed by atoms with Gasteiger partial charge >= 0.3 is 0 Å². The van der Waals surface area contributed by atoms with Gasteiger partial charge in [-0.1, -0.05) is 38.1 Å². The molecular formula is C49H60FN9O6S. The third-order valence-electron chi connectivity index (χ3n) is 14.6. The Kier molecular flexibility index (Phi) is 12.6. The normalized spacial score (nSPS) is 20.2. The number of hydrogen-bond donors (Lipinski definition) is 3. The monoisotopic (exact) mass is 921 g/mol. The van der Waals surface area contributed by atoms with Gasteiger partial charge in [-0.2, -0.15) is 0 Å². The number of nitrogens with one attached hydrogen (secondary N) is 3. The van der Waals surface area contributed by atoms with Crippen LogP contribution >= 0.6 is 0 Å². The van der Waals surface area contributed by atoms with Gasteiger partial charge in [0.1, 0.15) is 39.9 Å². The molecule has 3 saturated heterocycles. The maximum atomic E-state index is 15.7. The number of H-pyrrole nitrogens is 1. The molecule has 4 aliphatic rings. The van der Waals surface area contributed by atoms with Gasteiger partial charge in [-0.15, -0.1) is 0 Å². The quantitative estimate of drug-likeness (QED) is 0.0712. The zero-order chi connectivity index (χ0) is 46.4. The summed E-state index contributed by atoms with van der Waals surface area (Å²) in [6, 6.07) is 18.7. The maximum absolute atomic E-state index is 15.7. The Morgan fingerprint density at radius 2 is 1.73 bits per heavy atom. The molecule has 6 heterocycles. The molecule has 66 heavy (non-hydrogen) atoms. The number of nitro benzene ring substituents is 1. The van der Waals surface area contributed by atoms with E-state index in [0.29, 0.717) is 48.3 Å². The summed E-state index contributed by atoms with van der Waals surface area (Å²) >= 11 is 0. The Morgan fingerprint density at radius 3 is 2.45 bits per heavy atom. The van der Waals surface area contributed by atoms with E-state index in [9.17, 15) is 23.3 Å². The number of alkyl halides is 1. The van der Waals surface area contributed by atoms with Gasteiger partial charge in [0.25, 0.3) is 21.6 Å². The van der Waals surface area contributed by atoms with Crippen LogP contribution in [0.3, 0.4) is 0 Å². The van der Waals surface area contributed by atoms with Gasteiger partial charge in [-0.3, -0.25) is 19.8 Å². The van der Waals surface area contributed by atoms with Crippen LogP contribution in [0.25, 0.3) is 11.0 Å². The van der Waals surface area contributed by atoms with Crippen LogP contribution in [0.15, 0.2) is 84.1 Å². The standard InChI is InChI=1S/C49H60FN9O6S/c1-32(2)38-8-5-6-9-39(38)42-10-7-19-58(42)35-27-48(28-35)14-20-57(21-15-48)45-26-44(65-36-24-34-13-18-51-46(34)53-29-36)40(30-52-45)47(60)55-66(63,64)37-11-12-41(43(25-37)59(61)62)54-31-49(50)16-22-56(23-17-49)33(3)4/h5-6,8-9,11-13,18,24-26,29-30,32-33,35,42,54H,7,10,14-17,19-23,27-28,31H2,1-4H3,(H,51,53)(H,55,60)/t42-/m0/s1. The summed E-state index contributed by atoms with van der Waals surface area (Å²) in [5.74, 6) is 0.432. The van der Waals surface area contributed by atoms with Crippen LogP contribution < -0.4 is 19.7 Å². The average Bonchev–Trinajstić information content (AvgIpc) is 3.98. The van der Waals surface area contributed by atoms with Crippen LogP contribution in [0.5, 0.6) is 11.5 Å². The lowest BCUT2D eigenvalue weighted by molar-refractivity contribution is -0.384. The lowest BCUT2D eigenvalue weighted by atomic mass is 9.60. The molecule has 4 fully saturated rings. The van der Waals surface area contributed by atoms with Gasteiger partial charge < -0.3 is 24.8 Å². The molecule has 9 rings (SSSR count). The summed E-state index contributed by atoms with van der Waals surface area (Å²) in [7, 11) is -4.65. The number of hydrogen-bond acceptors (Lipinski definition) is 12. The SMILES string of the molecule is CC(C)c1ccccc1[C@@H]1CCCN1C1CC2(CCN(c3cc(Oc4cnc5[nH]ccc5c4)c(C(=O)NS(=O)(=O)c4ccc(NCC5(F)CCN(C(C)C)CC5)c([N+](=O)[O-])c4)cn3)CC2)C1. The van der Waals surface area contributed by atoms with E-state index < -0.39 is 37.1 Å². The van der Waals surface area contributed by atoms with Crippen molar-refractivity contribution < 1.29 is 27.3 Å². The first-order valence-corrected chi connectivity index (χ1v) is 24.8. The van der Waals surface area contributed by atoms with E-state index in [4.69, 9.17) is 4.74 Å². The lowest BCUT2D eigenvalue weighted by Gasteiger charge is -2.56. The van der Waals surface area contributed by atoms with E-state index in [1.807, 2.05) is 6.07 Å². The second-order valence-electron chi connectivity index (χ2n) is 19.5. The predicted molar refractivity (Wildman–Crippen MR) is 253 cm³/mol. The van der Waals surface area contributed by atoms with Gasteiger partial charge in [0.15, 0.2) is 0 Å². The van der Waals surface area contributed by atoms with Crippen molar-refractivity contribution in [3.8, 4) is 11.5 Å². The number of benzene rings is 2. The number of aromatic nitrogens is 3. The first kappa shape index (κ1) is 45.5. The van der Waals surface area contributed by atoms with Crippen LogP contribution in [0, 0.1) is 15.5 Å². The van der Waals surface area contributed by atoms with Crippen molar-refractivity contribution in [3.63, 3.8) is 0 Å². The van der Waals surface area contributed by atoms with Crippen LogP contribution in [-0.4, -0.2) is 101 Å². The summed E-state index contributed by atoms with van der Waals surface area (Å²) in [5.41, 5.74) is 1.51. The minimum Gasteiger partial charge on any atom is -0.455 e. The molecule has 1 amide bonds. The molecule has 0 bridgehead atoms. The van der Waals surface area contributed by atoms with Crippen molar-refractivity contribution in [2.45, 2.75) is 114 Å². The van der Waals surface area contributed by atoms with Gasteiger partial charge in [0.2, 0.25) is 0 Å². The molecule has 3 N–H and O–H groups in total. The zero-order valence-electron chi connectivity index (χ0n) is 38.1. The molecule has 1 atom stereocenters. The van der Waals surface area contributed by atoms with Gasteiger partial charge in [0.05, 0.1) is 16.0 Å². The number of aromatic amines is 1. The molecule has 3 aliphatic heterocycles. The summed E-state index contributed by atoms with van der Waals surface area (Å²) in [6.45, 7) is 12.3. The number of pyridine rings is 2. The number of halogens is 1. The average molecular weight is 922 g/mol. The lowest BCUT2D eigenvalue weighted by Crippen LogP contribution is -2.55. The summed E-state index contributed by atoms with van der Waals surface area (Å²) in [5, 5.41) is 15.8. The molecule has 2 aromatic carbocycles. The molecular weight excluding hydrogens is 862 g/mol. The number of amides is 1. The highest BCUT2D eigenvalue weighted by Crippen LogP contribution is 2.54. The van der Waals surface area contributed by atoms with E-state index in [1.54, 1.807) is 18.3 Å². The number of likely N-dealkylation sites (tertiary alicyclic amines) is 2. The van der Waals surface area contributed by atoms with Crippen molar-refractivity contribution in [1.82, 2.24) is 29.5 Å². The van der Waals surface area contributed by atoms with Gasteiger partial charge in [-0.05, 0) is 118 Å². The smallest absolute Gasteiger partial charge is 0.293 e. The molecule has 0 radical (unpaired) electrons. The number of ether oxygens (including phenoxy) is 1. The van der Waals surface area contributed by atoms with Crippen molar-refractivity contribution in [2.24, 2.45) is 5.41 Å². The highest BCUT2D eigenvalue weighted by Gasteiger charge is 2.50. The number of rotatable bonds is 14. The molecule has 1 aliphatic carbocycles. The fraction of sp³-hybridized carbons (Fsp3) is 0.490. The number of piperidine rings is 2. The fourth-order valence-corrected chi connectivity index (χ4v) is 11.7. The largest absolute Gasteiger partial charge is 0.455 e. The van der Waals surface area contributed by atoms with E-state index in [0.717, 1.165) is 50.0 Å². The fourth-order valence-electron chi connectivity index (χ4n) is 10.7. The number of carbonyl (C=O) groups is 1. The second-order valence-corrected chi connectivity index (χ2v) is 21.1. The molecule has 0 unspecified atom stereocenters. The first-order valence-electron chi connectivity index (χ1n) is 23.3. The molecule has 17 heteroatoms. The third kappa shape index (κ3) is 9.34. The Labute approximate surface area is 385 Å². The number of anilines is 2. The Bertz CT molecular complexity index is 2700. The van der Waals surface area contributed by atoms with E-state index in [-0.39, 0.29) is 47.8 Å². The van der Waals surface area contributed by atoms with E-state index in [1.165, 1.54) is 55.3 Å². The van der Waals surface area contributed by atoms with Gasteiger partial charge in [0, 0.05) is 80.8 Å². The second kappa shape index (κ2) is 18.2. The molecule has 15 nitrogen and oxygen atoms in total. The molecule has 1 spiro atoms. The summed E-state index contributed by atoms with van der Waals surface area (Å²) in [6.07, 6.45) is 11.8. The maximum Gasteiger partial charge on any atom is 0.293 e. The van der Waals surface area contributed by atoms with Crippen molar-refractivity contribution >= 4 is 44.2 Å².